The van der Waals surface area contributed by atoms with E-state index in [-0.39, 0.29) is 29.9 Å². The van der Waals surface area contributed by atoms with E-state index in [0.717, 1.165) is 42.6 Å². The van der Waals surface area contributed by atoms with Crippen LogP contribution in [0.5, 0.6) is 0 Å². The van der Waals surface area contributed by atoms with Gasteiger partial charge in [-0.15, -0.1) is 35.3 Å². The number of nitrogens with two attached hydrogens (primary N) is 1. The lowest BCUT2D eigenvalue weighted by atomic mass is 9.95. The summed E-state index contributed by atoms with van der Waals surface area (Å²) in [6.07, 6.45) is 2.57. The van der Waals surface area contributed by atoms with E-state index in [0.29, 0.717) is 24.8 Å². The van der Waals surface area contributed by atoms with Gasteiger partial charge in [-0.3, -0.25) is 9.79 Å². The molecule has 8 heteroatoms. The predicted octanol–water partition coefficient (Wildman–Crippen LogP) is 2.55. The maximum absolute atomic E-state index is 11.1. The van der Waals surface area contributed by atoms with Crippen LogP contribution in [0.1, 0.15) is 49.7 Å². The van der Waals surface area contributed by atoms with Crippen LogP contribution < -0.4 is 11.1 Å². The Bertz CT molecular complexity index is 560. The third-order valence-corrected chi connectivity index (χ3v) is 5.21. The van der Waals surface area contributed by atoms with E-state index in [1.807, 2.05) is 0 Å². The number of carbonyl (C=O) groups is 1. The van der Waals surface area contributed by atoms with Crippen molar-refractivity contribution in [2.24, 2.45) is 16.6 Å². The highest BCUT2D eigenvalue weighted by Gasteiger charge is 2.23. The average molecular weight is 465 g/mol. The highest BCUT2D eigenvalue weighted by Crippen LogP contribution is 2.20. The fourth-order valence-corrected chi connectivity index (χ4v) is 3.71. The molecule has 6 nitrogen and oxygen atoms in total. The number of guanidine groups is 1. The van der Waals surface area contributed by atoms with Gasteiger partial charge in [0.25, 0.3) is 0 Å². The summed E-state index contributed by atoms with van der Waals surface area (Å²) in [5.74, 6) is 1.44. The van der Waals surface area contributed by atoms with Gasteiger partial charge in [0.15, 0.2) is 5.96 Å². The number of nitrogens with one attached hydrogen (secondary N) is 1. The second kappa shape index (κ2) is 10.2. The first-order valence-corrected chi connectivity index (χ1v) is 9.05. The first-order chi connectivity index (χ1) is 11.0. The Labute approximate surface area is 165 Å². The van der Waals surface area contributed by atoms with Gasteiger partial charge in [0.2, 0.25) is 5.91 Å². The number of halogens is 1. The van der Waals surface area contributed by atoms with Crippen molar-refractivity contribution in [3.63, 3.8) is 0 Å². The molecule has 1 atom stereocenters. The standard InChI is InChI=1S/C16H27N5OS.HI/c1-11(2)15-20-13(10-23-15)8-19-16(18-3)21-6-4-5-12(9-21)7-14(17)22;/h10-12H,4-9H2,1-3H3,(H2,17,22)(H,18,19);1H. The molecule has 1 fully saturated rings. The van der Waals surface area contributed by atoms with E-state index in [9.17, 15) is 4.79 Å². The molecule has 0 radical (unpaired) electrons. The van der Waals surface area contributed by atoms with Gasteiger partial charge in [-0.05, 0) is 18.8 Å². The van der Waals surface area contributed by atoms with E-state index in [2.05, 4.69) is 39.4 Å². The van der Waals surface area contributed by atoms with Crippen molar-refractivity contribution in [1.29, 1.82) is 0 Å². The Morgan fingerprint density at radius 2 is 2.33 bits per heavy atom. The van der Waals surface area contributed by atoms with Crippen LogP contribution in [0, 0.1) is 5.92 Å². The van der Waals surface area contributed by atoms with Crippen LogP contribution in [-0.2, 0) is 11.3 Å². The van der Waals surface area contributed by atoms with Crippen molar-refractivity contribution in [1.82, 2.24) is 15.2 Å². The zero-order valence-electron chi connectivity index (χ0n) is 14.6. The Morgan fingerprint density at radius 3 is 2.92 bits per heavy atom. The van der Waals surface area contributed by atoms with Gasteiger partial charge in [0.1, 0.15) is 0 Å². The van der Waals surface area contributed by atoms with Crippen molar-refractivity contribution in [2.75, 3.05) is 20.1 Å². The fraction of sp³-hybridized carbons (Fsp3) is 0.688. The molecule has 1 aliphatic rings. The van der Waals surface area contributed by atoms with E-state index in [4.69, 9.17) is 5.73 Å². The highest BCUT2D eigenvalue weighted by molar-refractivity contribution is 14.0. The number of aromatic nitrogens is 1. The molecule has 1 aromatic rings. The second-order valence-electron chi connectivity index (χ2n) is 6.36. The number of nitrogens with zero attached hydrogens (tertiary/aromatic N) is 3. The van der Waals surface area contributed by atoms with Crippen LogP contribution in [-0.4, -0.2) is 41.9 Å². The molecule has 2 heterocycles. The summed E-state index contributed by atoms with van der Waals surface area (Å²) < 4.78 is 0. The highest BCUT2D eigenvalue weighted by atomic mass is 127. The van der Waals surface area contributed by atoms with Crippen LogP contribution in [0.25, 0.3) is 0 Å². The van der Waals surface area contributed by atoms with Crippen molar-refractivity contribution >= 4 is 47.2 Å². The van der Waals surface area contributed by atoms with E-state index in [1.165, 1.54) is 0 Å². The Morgan fingerprint density at radius 1 is 1.58 bits per heavy atom. The molecule has 1 saturated heterocycles. The number of likely N-dealkylation sites (tertiary alicyclic amines) is 1. The molecule has 1 aromatic heterocycles. The Kier molecular flexibility index (Phi) is 8.96. The number of thiazole rings is 1. The molecular formula is C16H28IN5OS. The summed E-state index contributed by atoms with van der Waals surface area (Å²) >= 11 is 1.70. The molecular weight excluding hydrogens is 437 g/mol. The monoisotopic (exact) mass is 465 g/mol. The maximum atomic E-state index is 11.1. The molecule has 3 N–H and O–H groups in total. The minimum Gasteiger partial charge on any atom is -0.370 e. The third-order valence-electron chi connectivity index (χ3n) is 4.01. The number of primary amides is 1. The van der Waals surface area contributed by atoms with Crippen molar-refractivity contribution in [2.45, 2.75) is 45.6 Å². The van der Waals surface area contributed by atoms with Crippen LogP contribution in [0.15, 0.2) is 10.4 Å². The van der Waals surface area contributed by atoms with Gasteiger partial charge in [-0.1, -0.05) is 13.8 Å². The minimum atomic E-state index is -0.219. The zero-order valence-corrected chi connectivity index (χ0v) is 17.8. The summed E-state index contributed by atoms with van der Waals surface area (Å²) in [5.41, 5.74) is 6.38. The zero-order chi connectivity index (χ0) is 16.8. The number of hydrogen-bond donors (Lipinski definition) is 2. The molecule has 1 unspecified atom stereocenters. The van der Waals surface area contributed by atoms with Gasteiger partial charge in [-0.25, -0.2) is 4.98 Å². The molecule has 1 aliphatic heterocycles. The third kappa shape index (κ3) is 6.19. The van der Waals surface area contributed by atoms with Crippen molar-refractivity contribution in [3.8, 4) is 0 Å². The van der Waals surface area contributed by atoms with Crippen LogP contribution >= 0.6 is 35.3 Å². The van der Waals surface area contributed by atoms with Crippen molar-refractivity contribution in [3.05, 3.63) is 16.1 Å². The first-order valence-electron chi connectivity index (χ1n) is 8.17. The number of hydrogen-bond acceptors (Lipinski definition) is 4. The van der Waals surface area contributed by atoms with Gasteiger partial charge in [0.05, 0.1) is 17.2 Å². The van der Waals surface area contributed by atoms with Gasteiger partial charge < -0.3 is 16.0 Å². The van der Waals surface area contributed by atoms with E-state index in [1.54, 1.807) is 18.4 Å². The molecule has 0 saturated carbocycles. The fourth-order valence-electron chi connectivity index (χ4n) is 2.88. The molecule has 24 heavy (non-hydrogen) atoms. The van der Waals surface area contributed by atoms with Gasteiger partial charge in [-0.2, -0.15) is 0 Å². The number of carbonyl (C=O) groups excluding carboxylic acids is 1. The summed E-state index contributed by atoms with van der Waals surface area (Å²) in [5, 5.41) is 6.65. The van der Waals surface area contributed by atoms with E-state index < -0.39 is 0 Å². The van der Waals surface area contributed by atoms with Gasteiger partial charge >= 0.3 is 0 Å². The maximum Gasteiger partial charge on any atom is 0.217 e. The molecule has 1 amide bonds. The normalized spacial score (nSPS) is 18.4. The predicted molar refractivity (Wildman–Crippen MR) is 110 cm³/mol. The summed E-state index contributed by atoms with van der Waals surface area (Å²) in [6, 6.07) is 0. The topological polar surface area (TPSA) is 83.6 Å². The smallest absolute Gasteiger partial charge is 0.217 e. The SMILES string of the molecule is CN=C(NCc1csc(C(C)C)n1)N1CCCC(CC(N)=O)C1.I. The first kappa shape index (κ1) is 21.1. The molecule has 136 valence electrons. The van der Waals surface area contributed by atoms with Crippen LogP contribution in [0.4, 0.5) is 0 Å². The number of piperidine rings is 1. The lowest BCUT2D eigenvalue weighted by Gasteiger charge is -2.34. The van der Waals surface area contributed by atoms with Gasteiger partial charge in [0, 0.05) is 37.9 Å². The summed E-state index contributed by atoms with van der Waals surface area (Å²) in [4.78, 5) is 22.4. The number of rotatable bonds is 5. The average Bonchev–Trinajstić information content (AvgIpc) is 2.97. The lowest BCUT2D eigenvalue weighted by Crippen LogP contribution is -2.46. The molecule has 0 aromatic carbocycles. The largest absolute Gasteiger partial charge is 0.370 e. The number of aliphatic imine (C=N–C) groups is 1. The van der Waals surface area contributed by atoms with Crippen molar-refractivity contribution < 1.29 is 4.79 Å². The molecule has 0 spiro atoms. The lowest BCUT2D eigenvalue weighted by molar-refractivity contribution is -0.119. The molecule has 2 rings (SSSR count). The Hall–Kier alpha value is -0.900. The Balaban J connectivity index is 0.00000288. The quantitative estimate of drug-likeness (QED) is 0.398. The van der Waals surface area contributed by atoms with Crippen LogP contribution in [0.2, 0.25) is 0 Å². The molecule has 0 aliphatic carbocycles. The van der Waals surface area contributed by atoms with Crippen LogP contribution in [0.3, 0.4) is 0 Å². The van der Waals surface area contributed by atoms with E-state index >= 15 is 0 Å². The minimum absolute atomic E-state index is 0. The molecule has 0 bridgehead atoms. The summed E-state index contributed by atoms with van der Waals surface area (Å²) in [7, 11) is 1.79. The second-order valence-corrected chi connectivity index (χ2v) is 7.25. The number of amides is 1. The summed E-state index contributed by atoms with van der Waals surface area (Å²) in [6.45, 7) is 6.77.